The van der Waals surface area contributed by atoms with Crippen molar-refractivity contribution in [2.24, 2.45) is 0 Å². The Hall–Kier alpha value is -1.48. The van der Waals surface area contributed by atoms with Crippen LogP contribution in [0.3, 0.4) is 0 Å². The van der Waals surface area contributed by atoms with Crippen LogP contribution < -0.4 is 15.5 Å². The van der Waals surface area contributed by atoms with Crippen LogP contribution >= 0.6 is 0 Å². The smallest absolute Gasteiger partial charge is 0.144 e. The SMILES string of the molecule is [CH]1Nc2ccccc2N1C1=CCNCC1. The van der Waals surface area contributed by atoms with Gasteiger partial charge < -0.3 is 15.5 Å². The minimum atomic E-state index is 0.974. The Labute approximate surface area is 89.8 Å². The molecule has 0 amide bonds. The molecular weight excluding hydrogens is 186 g/mol. The summed E-state index contributed by atoms with van der Waals surface area (Å²) in [5, 5.41) is 6.61. The number of para-hydroxylation sites is 2. The van der Waals surface area contributed by atoms with E-state index in [9.17, 15) is 0 Å². The van der Waals surface area contributed by atoms with Crippen molar-refractivity contribution < 1.29 is 0 Å². The van der Waals surface area contributed by atoms with Crippen LogP contribution in [0.2, 0.25) is 0 Å². The molecule has 0 saturated carbocycles. The van der Waals surface area contributed by atoms with Gasteiger partial charge in [0, 0.05) is 18.8 Å². The van der Waals surface area contributed by atoms with Gasteiger partial charge in [-0.3, -0.25) is 0 Å². The van der Waals surface area contributed by atoms with Gasteiger partial charge in [-0.15, -0.1) is 0 Å². The van der Waals surface area contributed by atoms with Gasteiger partial charge in [0.1, 0.15) is 6.67 Å². The lowest BCUT2D eigenvalue weighted by Crippen LogP contribution is -2.28. The Morgan fingerprint density at radius 3 is 3.00 bits per heavy atom. The molecule has 1 radical (unpaired) electrons. The molecule has 0 saturated heterocycles. The van der Waals surface area contributed by atoms with Gasteiger partial charge in [0.05, 0.1) is 11.4 Å². The molecule has 0 atom stereocenters. The number of nitrogens with zero attached hydrogens (tertiary/aromatic N) is 1. The van der Waals surface area contributed by atoms with Gasteiger partial charge in [0.25, 0.3) is 0 Å². The van der Waals surface area contributed by atoms with Crippen LogP contribution in [0.5, 0.6) is 0 Å². The summed E-state index contributed by atoms with van der Waals surface area (Å²) in [7, 11) is 0. The standard InChI is InChI=1S/C12H14N3/c1-2-4-12-11(3-1)14-9-15(12)10-5-7-13-8-6-10/h1-5,9,13-14H,6-8H2. The van der Waals surface area contributed by atoms with Gasteiger partial charge in [0.2, 0.25) is 0 Å². The highest BCUT2D eigenvalue weighted by Crippen LogP contribution is 2.36. The molecule has 2 heterocycles. The quantitative estimate of drug-likeness (QED) is 0.725. The largest absolute Gasteiger partial charge is 0.360 e. The number of anilines is 2. The van der Waals surface area contributed by atoms with Crippen molar-refractivity contribution in [3.05, 3.63) is 42.7 Å². The van der Waals surface area contributed by atoms with Crippen molar-refractivity contribution >= 4 is 11.4 Å². The first-order valence-corrected chi connectivity index (χ1v) is 5.33. The summed E-state index contributed by atoms with van der Waals surface area (Å²) in [6.07, 6.45) is 3.34. The number of fused-ring (bicyclic) bond motifs is 1. The van der Waals surface area contributed by atoms with E-state index in [4.69, 9.17) is 0 Å². The maximum atomic E-state index is 3.32. The summed E-state index contributed by atoms with van der Waals surface area (Å²) in [6, 6.07) is 8.39. The predicted molar refractivity (Wildman–Crippen MR) is 62.4 cm³/mol. The fourth-order valence-corrected chi connectivity index (χ4v) is 2.08. The number of rotatable bonds is 1. The van der Waals surface area contributed by atoms with E-state index in [1.165, 1.54) is 17.1 Å². The molecule has 0 fully saturated rings. The Bertz CT molecular complexity index is 398. The third kappa shape index (κ3) is 1.49. The van der Waals surface area contributed by atoms with Crippen LogP contribution in [0, 0.1) is 6.67 Å². The van der Waals surface area contributed by atoms with Crippen molar-refractivity contribution in [1.29, 1.82) is 0 Å². The molecule has 0 bridgehead atoms. The summed E-state index contributed by atoms with van der Waals surface area (Å²) in [5.41, 5.74) is 3.83. The highest BCUT2D eigenvalue weighted by atomic mass is 15.3. The lowest BCUT2D eigenvalue weighted by molar-refractivity contribution is 0.691. The van der Waals surface area contributed by atoms with E-state index in [1.54, 1.807) is 0 Å². The van der Waals surface area contributed by atoms with E-state index in [0.29, 0.717) is 0 Å². The lowest BCUT2D eigenvalue weighted by Gasteiger charge is -2.24. The normalized spacial score (nSPS) is 19.5. The van der Waals surface area contributed by atoms with Crippen molar-refractivity contribution in [3.63, 3.8) is 0 Å². The summed E-state index contributed by atoms with van der Waals surface area (Å²) in [4.78, 5) is 2.25. The Kier molecular flexibility index (Phi) is 2.10. The molecule has 1 aromatic rings. The first-order chi connectivity index (χ1) is 7.45. The van der Waals surface area contributed by atoms with Crippen molar-refractivity contribution in [3.8, 4) is 0 Å². The van der Waals surface area contributed by atoms with E-state index in [1.807, 2.05) is 6.67 Å². The van der Waals surface area contributed by atoms with Crippen molar-refractivity contribution in [2.75, 3.05) is 23.3 Å². The molecule has 2 aliphatic heterocycles. The predicted octanol–water partition coefficient (Wildman–Crippen LogP) is 1.91. The van der Waals surface area contributed by atoms with Crippen LogP contribution in [0.25, 0.3) is 0 Å². The van der Waals surface area contributed by atoms with Crippen molar-refractivity contribution in [1.82, 2.24) is 5.32 Å². The molecule has 0 unspecified atom stereocenters. The number of nitrogens with one attached hydrogen (secondary N) is 2. The highest BCUT2D eigenvalue weighted by Gasteiger charge is 2.22. The lowest BCUT2D eigenvalue weighted by atomic mass is 10.2. The van der Waals surface area contributed by atoms with Crippen LogP contribution in [0.4, 0.5) is 11.4 Å². The summed E-state index contributed by atoms with van der Waals surface area (Å²) in [5.74, 6) is 0. The minimum Gasteiger partial charge on any atom is -0.360 e. The fraction of sp³-hybridized carbons (Fsp3) is 0.250. The number of hydrogen-bond donors (Lipinski definition) is 2. The molecule has 2 N–H and O–H groups in total. The van der Waals surface area contributed by atoms with Crippen LogP contribution in [-0.2, 0) is 0 Å². The van der Waals surface area contributed by atoms with E-state index >= 15 is 0 Å². The molecule has 3 rings (SSSR count). The summed E-state index contributed by atoms with van der Waals surface area (Å²) >= 11 is 0. The Morgan fingerprint density at radius 2 is 2.13 bits per heavy atom. The Balaban J connectivity index is 1.93. The second-order valence-corrected chi connectivity index (χ2v) is 3.81. The first kappa shape index (κ1) is 8.80. The third-order valence-electron chi connectivity index (χ3n) is 2.86. The van der Waals surface area contributed by atoms with Gasteiger partial charge in [-0.25, -0.2) is 0 Å². The van der Waals surface area contributed by atoms with Crippen LogP contribution in [0.1, 0.15) is 6.42 Å². The van der Waals surface area contributed by atoms with E-state index in [-0.39, 0.29) is 0 Å². The zero-order valence-electron chi connectivity index (χ0n) is 8.53. The second kappa shape index (κ2) is 3.59. The number of benzene rings is 1. The third-order valence-corrected chi connectivity index (χ3v) is 2.86. The van der Waals surface area contributed by atoms with Crippen LogP contribution in [-0.4, -0.2) is 13.1 Å². The topological polar surface area (TPSA) is 27.3 Å². The molecule has 2 aliphatic rings. The maximum Gasteiger partial charge on any atom is 0.144 e. The fourth-order valence-electron chi connectivity index (χ4n) is 2.08. The van der Waals surface area contributed by atoms with Gasteiger partial charge in [-0.05, 0) is 18.6 Å². The van der Waals surface area contributed by atoms with E-state index < -0.39 is 0 Å². The highest BCUT2D eigenvalue weighted by molar-refractivity contribution is 5.79. The van der Waals surface area contributed by atoms with Gasteiger partial charge >= 0.3 is 0 Å². The number of hydrogen-bond acceptors (Lipinski definition) is 3. The van der Waals surface area contributed by atoms with Gasteiger partial charge in [-0.1, -0.05) is 18.2 Å². The molecule has 3 heteroatoms. The molecule has 0 aromatic heterocycles. The second-order valence-electron chi connectivity index (χ2n) is 3.81. The van der Waals surface area contributed by atoms with E-state index in [2.05, 4.69) is 45.9 Å². The zero-order valence-corrected chi connectivity index (χ0v) is 8.53. The maximum absolute atomic E-state index is 3.32. The minimum absolute atomic E-state index is 0.974. The average molecular weight is 200 g/mol. The molecule has 0 aliphatic carbocycles. The molecule has 1 aromatic carbocycles. The average Bonchev–Trinajstić information content (AvgIpc) is 2.74. The van der Waals surface area contributed by atoms with Gasteiger partial charge in [-0.2, -0.15) is 0 Å². The first-order valence-electron chi connectivity index (χ1n) is 5.33. The van der Waals surface area contributed by atoms with E-state index in [0.717, 1.165) is 19.5 Å². The molecule has 77 valence electrons. The Morgan fingerprint density at radius 1 is 1.20 bits per heavy atom. The van der Waals surface area contributed by atoms with Crippen LogP contribution in [0.15, 0.2) is 36.0 Å². The van der Waals surface area contributed by atoms with Crippen molar-refractivity contribution in [2.45, 2.75) is 6.42 Å². The molecule has 3 nitrogen and oxygen atoms in total. The molecular formula is C12H14N3. The molecule has 15 heavy (non-hydrogen) atoms. The summed E-state index contributed by atoms with van der Waals surface area (Å²) in [6.45, 7) is 4.09. The molecule has 0 spiro atoms. The zero-order chi connectivity index (χ0) is 10.1. The summed E-state index contributed by atoms with van der Waals surface area (Å²) < 4.78 is 0. The monoisotopic (exact) mass is 200 g/mol. The van der Waals surface area contributed by atoms with Gasteiger partial charge in [0.15, 0.2) is 0 Å².